The Hall–Kier alpha value is -1.99. The summed E-state index contributed by atoms with van der Waals surface area (Å²) in [5, 5.41) is 0. The molecular weight excluding hydrogens is 237 g/mol. The van der Waals surface area contributed by atoms with E-state index in [4.69, 9.17) is 11.5 Å². The fourth-order valence-electron chi connectivity index (χ4n) is 1.21. The largest absolute Gasteiger partial charge is 0.416 e. The smallest absolute Gasteiger partial charge is 0.384 e. The zero-order valence-corrected chi connectivity index (χ0v) is 8.95. The first-order valence-corrected chi connectivity index (χ1v) is 4.54. The molecule has 8 heteroatoms. The van der Waals surface area contributed by atoms with E-state index in [0.717, 1.165) is 12.1 Å². The summed E-state index contributed by atoms with van der Waals surface area (Å²) in [6.45, 7) is -0.242. The summed E-state index contributed by atoms with van der Waals surface area (Å²) in [6.07, 6.45) is -4.51. The van der Waals surface area contributed by atoms with Gasteiger partial charge in [0, 0.05) is 7.05 Å². The second-order valence-electron chi connectivity index (χ2n) is 3.46. The molecule has 0 atom stereocenters. The van der Waals surface area contributed by atoms with Crippen LogP contribution in [-0.4, -0.2) is 24.5 Å². The number of aromatic nitrogens is 1. The quantitative estimate of drug-likeness (QED) is 0.820. The molecule has 94 valence electrons. The fourth-order valence-corrected chi connectivity index (χ4v) is 1.21. The fraction of sp³-hybridized carbons (Fsp3) is 0.333. The van der Waals surface area contributed by atoms with E-state index in [9.17, 15) is 18.0 Å². The maximum atomic E-state index is 12.5. The van der Waals surface area contributed by atoms with Crippen molar-refractivity contribution in [1.82, 2.24) is 4.98 Å². The lowest BCUT2D eigenvalue weighted by atomic mass is 10.2. The van der Waals surface area contributed by atoms with E-state index in [0.29, 0.717) is 0 Å². The van der Waals surface area contributed by atoms with Crippen molar-refractivity contribution in [1.29, 1.82) is 0 Å². The van der Waals surface area contributed by atoms with Crippen LogP contribution in [-0.2, 0) is 11.0 Å². The highest BCUT2D eigenvalue weighted by Gasteiger charge is 2.31. The van der Waals surface area contributed by atoms with Gasteiger partial charge in [-0.15, -0.1) is 0 Å². The van der Waals surface area contributed by atoms with E-state index < -0.39 is 17.6 Å². The number of pyridine rings is 1. The van der Waals surface area contributed by atoms with Crippen LogP contribution < -0.4 is 16.4 Å². The van der Waals surface area contributed by atoms with Gasteiger partial charge in [0.15, 0.2) is 0 Å². The number of primary amides is 1. The predicted octanol–water partition coefficient (Wildman–Crippen LogP) is 0.604. The highest BCUT2D eigenvalue weighted by Crippen LogP contribution is 2.31. The number of amides is 1. The Morgan fingerprint density at radius 1 is 1.47 bits per heavy atom. The lowest BCUT2D eigenvalue weighted by Crippen LogP contribution is -2.31. The van der Waals surface area contributed by atoms with Crippen LogP contribution in [0.1, 0.15) is 5.56 Å². The average molecular weight is 248 g/mol. The summed E-state index contributed by atoms with van der Waals surface area (Å²) in [5.41, 5.74) is 9.28. The van der Waals surface area contributed by atoms with E-state index in [1.54, 1.807) is 0 Å². The third-order valence-electron chi connectivity index (χ3n) is 1.94. The van der Waals surface area contributed by atoms with Crippen LogP contribution >= 0.6 is 0 Å². The standard InChI is InChI=1S/C9H11F3N4O/c1-16(4-7(14)17)8-3-5(9(10,11)12)2-6(13)15-8/h2-3H,4H2,1H3,(H2,13,15)(H2,14,17). The number of hydrogen-bond acceptors (Lipinski definition) is 4. The number of carbonyl (C=O) groups excluding carboxylic acids is 1. The molecule has 0 spiro atoms. The molecule has 1 amide bonds. The maximum Gasteiger partial charge on any atom is 0.416 e. The molecule has 0 fully saturated rings. The molecule has 4 N–H and O–H groups in total. The molecule has 0 aliphatic carbocycles. The topological polar surface area (TPSA) is 85.2 Å². The van der Waals surface area contributed by atoms with Crippen LogP contribution in [0.25, 0.3) is 0 Å². The zero-order chi connectivity index (χ0) is 13.2. The van der Waals surface area contributed by atoms with Gasteiger partial charge >= 0.3 is 6.18 Å². The van der Waals surface area contributed by atoms with Crippen LogP contribution in [0, 0.1) is 0 Å². The minimum atomic E-state index is -4.51. The summed E-state index contributed by atoms with van der Waals surface area (Å²) in [4.78, 5) is 15.5. The number of nitrogen functional groups attached to an aromatic ring is 1. The number of nitrogens with zero attached hydrogens (tertiary/aromatic N) is 2. The summed E-state index contributed by atoms with van der Waals surface area (Å²) < 4.78 is 37.4. The van der Waals surface area contributed by atoms with Gasteiger partial charge in [-0.25, -0.2) is 4.98 Å². The lowest BCUT2D eigenvalue weighted by Gasteiger charge is -2.18. The van der Waals surface area contributed by atoms with Gasteiger partial charge in [0.1, 0.15) is 11.6 Å². The Bertz CT molecular complexity index is 433. The highest BCUT2D eigenvalue weighted by molar-refractivity contribution is 5.79. The van der Waals surface area contributed by atoms with Crippen LogP contribution in [0.4, 0.5) is 24.8 Å². The van der Waals surface area contributed by atoms with Crippen molar-refractivity contribution in [2.45, 2.75) is 6.18 Å². The van der Waals surface area contributed by atoms with Gasteiger partial charge in [-0.05, 0) is 12.1 Å². The number of halogens is 3. The number of likely N-dealkylation sites (N-methyl/N-ethyl adjacent to an activating group) is 1. The summed E-state index contributed by atoms with van der Waals surface area (Å²) in [7, 11) is 1.40. The molecule has 1 aromatic rings. The third-order valence-corrected chi connectivity index (χ3v) is 1.94. The average Bonchev–Trinajstić information content (AvgIpc) is 2.14. The van der Waals surface area contributed by atoms with Crippen molar-refractivity contribution in [3.63, 3.8) is 0 Å². The molecule has 0 aliphatic heterocycles. The second-order valence-corrected chi connectivity index (χ2v) is 3.46. The van der Waals surface area contributed by atoms with Crippen LogP contribution in [0.5, 0.6) is 0 Å². The van der Waals surface area contributed by atoms with Gasteiger partial charge in [-0.3, -0.25) is 4.79 Å². The van der Waals surface area contributed by atoms with Crippen molar-refractivity contribution in [3.8, 4) is 0 Å². The molecule has 0 aliphatic rings. The summed E-state index contributed by atoms with van der Waals surface area (Å²) in [6, 6.07) is 1.53. The molecule has 0 aromatic carbocycles. The monoisotopic (exact) mass is 248 g/mol. The van der Waals surface area contributed by atoms with Crippen molar-refractivity contribution in [3.05, 3.63) is 17.7 Å². The highest BCUT2D eigenvalue weighted by atomic mass is 19.4. The number of carbonyl (C=O) groups is 1. The molecular formula is C9H11F3N4O. The number of hydrogen-bond donors (Lipinski definition) is 2. The first kappa shape index (κ1) is 13.1. The maximum absolute atomic E-state index is 12.5. The van der Waals surface area contributed by atoms with Gasteiger partial charge in [0.05, 0.1) is 12.1 Å². The van der Waals surface area contributed by atoms with E-state index >= 15 is 0 Å². The third kappa shape index (κ3) is 3.51. The molecule has 1 aromatic heterocycles. The van der Waals surface area contributed by atoms with E-state index in [-0.39, 0.29) is 18.2 Å². The van der Waals surface area contributed by atoms with E-state index in [1.807, 2.05) is 0 Å². The van der Waals surface area contributed by atoms with Crippen molar-refractivity contribution >= 4 is 17.5 Å². The van der Waals surface area contributed by atoms with Gasteiger partial charge in [0.25, 0.3) is 0 Å². The van der Waals surface area contributed by atoms with Gasteiger partial charge in [0.2, 0.25) is 5.91 Å². The molecule has 0 bridgehead atoms. The predicted molar refractivity (Wildman–Crippen MR) is 56.1 cm³/mol. The molecule has 0 saturated carbocycles. The Morgan fingerprint density at radius 3 is 2.53 bits per heavy atom. The summed E-state index contributed by atoms with van der Waals surface area (Å²) in [5.74, 6) is -1.01. The second kappa shape index (κ2) is 4.48. The first-order valence-electron chi connectivity index (χ1n) is 4.54. The SMILES string of the molecule is CN(CC(N)=O)c1cc(C(F)(F)F)cc(N)n1. The van der Waals surface area contributed by atoms with E-state index in [1.165, 1.54) is 11.9 Å². The first-order chi connectivity index (χ1) is 7.70. The van der Waals surface area contributed by atoms with Gasteiger partial charge < -0.3 is 16.4 Å². The number of alkyl halides is 3. The molecule has 0 saturated heterocycles. The normalized spacial score (nSPS) is 11.3. The van der Waals surface area contributed by atoms with Crippen molar-refractivity contribution in [2.24, 2.45) is 5.73 Å². The molecule has 17 heavy (non-hydrogen) atoms. The number of anilines is 2. The van der Waals surface area contributed by atoms with Gasteiger partial charge in [-0.2, -0.15) is 13.2 Å². The van der Waals surface area contributed by atoms with Crippen LogP contribution in [0.15, 0.2) is 12.1 Å². The Labute approximate surface area is 95.2 Å². The molecule has 1 heterocycles. The number of nitrogens with two attached hydrogens (primary N) is 2. The van der Waals surface area contributed by atoms with Gasteiger partial charge in [-0.1, -0.05) is 0 Å². The van der Waals surface area contributed by atoms with Crippen LogP contribution in [0.3, 0.4) is 0 Å². The Balaban J connectivity index is 3.09. The number of rotatable bonds is 3. The summed E-state index contributed by atoms with van der Waals surface area (Å²) >= 11 is 0. The minimum absolute atomic E-state index is 0.0591. The lowest BCUT2D eigenvalue weighted by molar-refractivity contribution is -0.137. The van der Waals surface area contributed by atoms with Crippen molar-refractivity contribution < 1.29 is 18.0 Å². The van der Waals surface area contributed by atoms with E-state index in [2.05, 4.69) is 4.98 Å². The Morgan fingerprint density at radius 2 is 2.06 bits per heavy atom. The molecule has 1 rings (SSSR count). The molecule has 0 radical (unpaired) electrons. The van der Waals surface area contributed by atoms with Crippen LogP contribution in [0.2, 0.25) is 0 Å². The molecule has 0 unspecified atom stereocenters. The van der Waals surface area contributed by atoms with Crippen molar-refractivity contribution in [2.75, 3.05) is 24.2 Å². The Kier molecular flexibility index (Phi) is 3.45. The molecule has 5 nitrogen and oxygen atoms in total. The zero-order valence-electron chi connectivity index (χ0n) is 8.95. The minimum Gasteiger partial charge on any atom is -0.384 e.